The Morgan fingerprint density at radius 2 is 0.932 bits per heavy atom. The van der Waals surface area contributed by atoms with Gasteiger partial charge in [-0.1, -0.05) is 121 Å². The summed E-state index contributed by atoms with van der Waals surface area (Å²) in [5.74, 6) is -0.391. The third-order valence-corrected chi connectivity index (χ3v) is 7.58. The molecule has 0 bridgehead atoms. The van der Waals surface area contributed by atoms with Gasteiger partial charge in [-0.3, -0.25) is 4.79 Å². The molecule has 44 heavy (non-hydrogen) atoms. The number of methoxy groups -OCH3 is 1. The zero-order valence-corrected chi connectivity index (χ0v) is 25.0. The van der Waals surface area contributed by atoms with E-state index < -0.39 is 36.5 Å². The molecule has 7 nitrogen and oxygen atoms in total. The summed E-state index contributed by atoms with van der Waals surface area (Å²) in [7, 11) is 1.38. The highest BCUT2D eigenvalue weighted by Gasteiger charge is 2.49. The highest BCUT2D eigenvalue weighted by Crippen LogP contribution is 2.32. The van der Waals surface area contributed by atoms with E-state index in [1.807, 2.05) is 121 Å². The van der Waals surface area contributed by atoms with Gasteiger partial charge in [-0.05, 0) is 22.3 Å². The zero-order chi connectivity index (χ0) is 30.4. The first-order valence-corrected chi connectivity index (χ1v) is 15.0. The second-order valence-corrected chi connectivity index (χ2v) is 10.8. The number of esters is 1. The van der Waals surface area contributed by atoms with Gasteiger partial charge in [0.05, 0.1) is 52.7 Å². The predicted octanol–water partition coefficient (Wildman–Crippen LogP) is 6.29. The van der Waals surface area contributed by atoms with Crippen molar-refractivity contribution in [3.63, 3.8) is 0 Å². The third-order valence-electron chi connectivity index (χ3n) is 7.58. The van der Waals surface area contributed by atoms with E-state index in [1.54, 1.807) is 0 Å². The molecule has 0 unspecified atom stereocenters. The van der Waals surface area contributed by atoms with Crippen LogP contribution in [-0.2, 0) is 59.6 Å². The Kier molecular flexibility index (Phi) is 12.1. The fraction of sp³-hybridized carbons (Fsp3) is 0.324. The summed E-state index contributed by atoms with van der Waals surface area (Å²) in [6.45, 7) is 1.66. The summed E-state index contributed by atoms with van der Waals surface area (Å²) in [6.07, 6.45) is -2.92. The van der Waals surface area contributed by atoms with Crippen molar-refractivity contribution in [3.8, 4) is 0 Å². The monoisotopic (exact) mass is 596 g/mol. The Labute approximate surface area is 259 Å². The van der Waals surface area contributed by atoms with Crippen molar-refractivity contribution in [2.24, 2.45) is 0 Å². The summed E-state index contributed by atoms with van der Waals surface area (Å²) in [6, 6.07) is 39.8. The first-order valence-electron chi connectivity index (χ1n) is 15.0. The number of hydrogen-bond donors (Lipinski definition) is 0. The second kappa shape index (κ2) is 16.9. The number of carbonyl (C=O) groups excluding carboxylic acids is 1. The van der Waals surface area contributed by atoms with Gasteiger partial charge in [-0.15, -0.1) is 0 Å². The zero-order valence-electron chi connectivity index (χ0n) is 25.0. The van der Waals surface area contributed by atoms with E-state index in [1.165, 1.54) is 7.11 Å². The first kappa shape index (κ1) is 31.6. The van der Waals surface area contributed by atoms with Gasteiger partial charge in [0.25, 0.3) is 0 Å². The van der Waals surface area contributed by atoms with Crippen LogP contribution in [0.2, 0.25) is 0 Å². The molecule has 5 rings (SSSR count). The lowest BCUT2D eigenvalue weighted by molar-refractivity contribution is -0.273. The van der Waals surface area contributed by atoms with E-state index in [4.69, 9.17) is 28.4 Å². The predicted molar refractivity (Wildman–Crippen MR) is 166 cm³/mol. The van der Waals surface area contributed by atoms with E-state index >= 15 is 0 Å². The molecular weight excluding hydrogens is 556 g/mol. The summed E-state index contributed by atoms with van der Waals surface area (Å²) in [4.78, 5) is 12.6. The summed E-state index contributed by atoms with van der Waals surface area (Å²) in [5, 5.41) is 0. The topological polar surface area (TPSA) is 72.5 Å². The van der Waals surface area contributed by atoms with Gasteiger partial charge < -0.3 is 28.4 Å². The lowest BCUT2D eigenvalue weighted by Gasteiger charge is -2.46. The Morgan fingerprint density at radius 3 is 1.36 bits per heavy atom. The van der Waals surface area contributed by atoms with Crippen molar-refractivity contribution in [3.05, 3.63) is 144 Å². The lowest BCUT2D eigenvalue weighted by atomic mass is 9.92. The lowest BCUT2D eigenvalue weighted by Crippen LogP contribution is -2.61. The highest BCUT2D eigenvalue weighted by molar-refractivity contribution is 5.69. The molecule has 5 atom stereocenters. The summed E-state index contributed by atoms with van der Waals surface area (Å²) in [5.41, 5.74) is 4.10. The minimum Gasteiger partial charge on any atom is -0.469 e. The van der Waals surface area contributed by atoms with Crippen LogP contribution in [0.3, 0.4) is 0 Å². The van der Waals surface area contributed by atoms with E-state index in [9.17, 15) is 4.79 Å². The van der Waals surface area contributed by atoms with Gasteiger partial charge in [0.15, 0.2) is 0 Å². The molecule has 0 radical (unpaired) electrons. The minimum atomic E-state index is -0.645. The van der Waals surface area contributed by atoms with Crippen molar-refractivity contribution in [1.82, 2.24) is 0 Å². The Balaban J connectivity index is 1.43. The number of hydrogen-bond acceptors (Lipinski definition) is 7. The van der Waals surface area contributed by atoms with Crippen molar-refractivity contribution in [1.29, 1.82) is 0 Å². The van der Waals surface area contributed by atoms with Gasteiger partial charge in [0.2, 0.25) is 0 Å². The van der Waals surface area contributed by atoms with Gasteiger partial charge in [0, 0.05) is 0 Å². The van der Waals surface area contributed by atoms with Crippen LogP contribution in [0.4, 0.5) is 0 Å². The number of carbonyl (C=O) groups is 1. The van der Waals surface area contributed by atoms with E-state index in [0.29, 0.717) is 26.4 Å². The molecule has 1 aliphatic heterocycles. The quantitative estimate of drug-likeness (QED) is 0.149. The molecule has 0 N–H and O–H groups in total. The summed E-state index contributed by atoms with van der Waals surface area (Å²) >= 11 is 0. The SMILES string of the molecule is COC(=O)C[C@H]1O[C@H](COCc2ccccc2)[C@@H](OCc2ccccc2)[C@@H](OCc2ccccc2)[C@H]1OCc1ccccc1. The largest absolute Gasteiger partial charge is 0.469 e. The molecule has 0 aromatic heterocycles. The van der Waals surface area contributed by atoms with Crippen molar-refractivity contribution in [2.75, 3.05) is 13.7 Å². The minimum absolute atomic E-state index is 0.00173. The molecular formula is C37H40O7. The highest BCUT2D eigenvalue weighted by atomic mass is 16.6. The summed E-state index contributed by atoms with van der Waals surface area (Å²) < 4.78 is 37.7. The first-order chi connectivity index (χ1) is 21.7. The standard InChI is InChI=1S/C37H40O7/c1-39-34(38)22-32-35(41-24-29-16-8-3-9-17-29)37(43-26-31-20-12-5-13-21-31)36(42-25-30-18-10-4-11-19-30)33(44-32)27-40-23-28-14-6-2-7-15-28/h2-21,32-33,35-37H,22-27H2,1H3/t32-,33-,35+,36-,37+/m1/s1. The van der Waals surface area contributed by atoms with Crippen molar-refractivity contribution >= 4 is 5.97 Å². The maximum Gasteiger partial charge on any atom is 0.308 e. The van der Waals surface area contributed by atoms with Crippen molar-refractivity contribution < 1.29 is 33.2 Å². The molecule has 0 saturated carbocycles. The van der Waals surface area contributed by atoms with E-state index in [0.717, 1.165) is 22.3 Å². The average Bonchev–Trinajstić information content (AvgIpc) is 3.08. The van der Waals surface area contributed by atoms with Crippen LogP contribution in [0.15, 0.2) is 121 Å². The molecule has 0 amide bonds. The van der Waals surface area contributed by atoms with Crippen LogP contribution < -0.4 is 0 Å². The van der Waals surface area contributed by atoms with Crippen LogP contribution in [-0.4, -0.2) is 50.2 Å². The van der Waals surface area contributed by atoms with E-state index in [-0.39, 0.29) is 13.0 Å². The fourth-order valence-corrected chi connectivity index (χ4v) is 5.30. The Morgan fingerprint density at radius 1 is 0.545 bits per heavy atom. The maximum absolute atomic E-state index is 12.6. The van der Waals surface area contributed by atoms with Crippen LogP contribution in [0.25, 0.3) is 0 Å². The smallest absolute Gasteiger partial charge is 0.308 e. The second-order valence-electron chi connectivity index (χ2n) is 10.8. The van der Waals surface area contributed by atoms with Crippen LogP contribution >= 0.6 is 0 Å². The third kappa shape index (κ3) is 9.32. The molecule has 1 saturated heterocycles. The van der Waals surface area contributed by atoms with Gasteiger partial charge in [-0.25, -0.2) is 0 Å². The average molecular weight is 597 g/mol. The normalized spacial score (nSPS) is 21.5. The molecule has 230 valence electrons. The molecule has 1 heterocycles. The molecule has 7 heteroatoms. The molecule has 4 aromatic rings. The van der Waals surface area contributed by atoms with Gasteiger partial charge >= 0.3 is 5.97 Å². The molecule has 1 fully saturated rings. The Hall–Kier alpha value is -3.85. The van der Waals surface area contributed by atoms with Gasteiger partial charge in [0.1, 0.15) is 24.4 Å². The van der Waals surface area contributed by atoms with Crippen LogP contribution in [0, 0.1) is 0 Å². The molecule has 0 aliphatic carbocycles. The number of benzene rings is 4. The van der Waals surface area contributed by atoms with Crippen molar-refractivity contribution in [2.45, 2.75) is 63.4 Å². The Bertz CT molecular complexity index is 1370. The molecule has 0 spiro atoms. The number of rotatable bonds is 15. The maximum atomic E-state index is 12.6. The van der Waals surface area contributed by atoms with E-state index in [2.05, 4.69) is 0 Å². The fourth-order valence-electron chi connectivity index (χ4n) is 5.30. The van der Waals surface area contributed by atoms with Gasteiger partial charge in [-0.2, -0.15) is 0 Å². The van der Waals surface area contributed by atoms with Crippen LogP contribution in [0.1, 0.15) is 28.7 Å². The van der Waals surface area contributed by atoms with Crippen LogP contribution in [0.5, 0.6) is 0 Å². The molecule has 4 aromatic carbocycles. The molecule has 1 aliphatic rings. The number of ether oxygens (including phenoxy) is 6.